The Morgan fingerprint density at radius 2 is 2.10 bits per heavy atom. The van der Waals surface area contributed by atoms with Crippen molar-refractivity contribution in [1.29, 1.82) is 0 Å². The Balaban J connectivity index is 2.23. The lowest BCUT2D eigenvalue weighted by Gasteiger charge is -2.32. The van der Waals surface area contributed by atoms with Gasteiger partial charge >= 0.3 is 0 Å². The molecule has 6 heteroatoms. The molecule has 20 heavy (non-hydrogen) atoms. The van der Waals surface area contributed by atoms with Crippen LogP contribution < -0.4 is 5.32 Å². The molecule has 1 saturated heterocycles. The van der Waals surface area contributed by atoms with Crippen LogP contribution in [-0.4, -0.2) is 52.1 Å². The molecule has 2 rings (SSSR count). The van der Waals surface area contributed by atoms with Crippen molar-refractivity contribution in [2.45, 2.75) is 24.8 Å². The molecular formula is C14H22N2O3S. The van der Waals surface area contributed by atoms with E-state index in [1.807, 2.05) is 27.0 Å². The predicted octanol–water partition coefficient (Wildman–Crippen LogP) is 0.912. The average molecular weight is 298 g/mol. The maximum atomic E-state index is 12.7. The average Bonchev–Trinajstić information content (AvgIpc) is 2.42. The van der Waals surface area contributed by atoms with Crippen molar-refractivity contribution in [3.05, 3.63) is 29.3 Å². The minimum absolute atomic E-state index is 0.0879. The molecule has 0 radical (unpaired) electrons. The number of aryl methyl sites for hydroxylation is 2. The molecular weight excluding hydrogens is 276 g/mol. The van der Waals surface area contributed by atoms with Crippen LogP contribution in [0.5, 0.6) is 0 Å². The lowest BCUT2D eigenvalue weighted by atomic mass is 10.1. The second kappa shape index (κ2) is 6.22. The monoisotopic (exact) mass is 298 g/mol. The van der Waals surface area contributed by atoms with Gasteiger partial charge in [-0.1, -0.05) is 6.07 Å². The van der Waals surface area contributed by atoms with Crippen molar-refractivity contribution >= 4 is 10.0 Å². The molecule has 1 aromatic carbocycles. The number of nitrogens with zero attached hydrogens (tertiary/aromatic N) is 1. The van der Waals surface area contributed by atoms with Gasteiger partial charge in [0.2, 0.25) is 10.0 Å². The van der Waals surface area contributed by atoms with Gasteiger partial charge in [-0.25, -0.2) is 8.42 Å². The van der Waals surface area contributed by atoms with Crippen molar-refractivity contribution in [3.63, 3.8) is 0 Å². The highest BCUT2D eigenvalue weighted by Gasteiger charge is 2.30. The summed E-state index contributed by atoms with van der Waals surface area (Å²) in [5.41, 5.74) is 2.09. The van der Waals surface area contributed by atoms with Crippen LogP contribution in [0.2, 0.25) is 0 Å². The van der Waals surface area contributed by atoms with Gasteiger partial charge in [-0.3, -0.25) is 0 Å². The maximum absolute atomic E-state index is 12.7. The lowest BCUT2D eigenvalue weighted by Crippen LogP contribution is -2.48. The number of rotatable bonds is 4. The molecule has 1 aliphatic rings. The molecule has 1 aromatic rings. The van der Waals surface area contributed by atoms with Crippen LogP contribution in [0, 0.1) is 13.8 Å². The lowest BCUT2D eigenvalue weighted by molar-refractivity contribution is 0.000823. The van der Waals surface area contributed by atoms with Gasteiger partial charge in [0.1, 0.15) is 0 Å². The molecule has 1 unspecified atom stereocenters. The van der Waals surface area contributed by atoms with Crippen LogP contribution >= 0.6 is 0 Å². The Labute approximate surface area is 121 Å². The molecule has 1 aliphatic heterocycles. The molecule has 0 spiro atoms. The first-order valence-corrected chi connectivity index (χ1v) is 8.23. The number of nitrogens with one attached hydrogen (secondary N) is 1. The molecule has 0 aliphatic carbocycles. The van der Waals surface area contributed by atoms with Gasteiger partial charge in [0.25, 0.3) is 0 Å². The molecule has 0 bridgehead atoms. The van der Waals surface area contributed by atoms with E-state index in [9.17, 15) is 8.42 Å². The fourth-order valence-electron chi connectivity index (χ4n) is 2.29. The highest BCUT2D eigenvalue weighted by Crippen LogP contribution is 2.21. The first-order valence-electron chi connectivity index (χ1n) is 6.78. The summed E-state index contributed by atoms with van der Waals surface area (Å²) < 4.78 is 32.4. The number of ether oxygens (including phenoxy) is 1. The molecule has 0 aromatic heterocycles. The summed E-state index contributed by atoms with van der Waals surface area (Å²) in [6.07, 6.45) is -0.0879. The Morgan fingerprint density at radius 3 is 2.75 bits per heavy atom. The van der Waals surface area contributed by atoms with Gasteiger partial charge in [-0.05, 0) is 44.2 Å². The van der Waals surface area contributed by atoms with E-state index in [1.54, 1.807) is 12.1 Å². The van der Waals surface area contributed by atoms with Crippen LogP contribution in [0.1, 0.15) is 11.1 Å². The van der Waals surface area contributed by atoms with Crippen molar-refractivity contribution in [2.75, 3.05) is 33.3 Å². The topological polar surface area (TPSA) is 58.6 Å². The number of sulfonamides is 1. The third-order valence-electron chi connectivity index (χ3n) is 3.65. The molecule has 1 fully saturated rings. The predicted molar refractivity (Wildman–Crippen MR) is 78.3 cm³/mol. The molecule has 112 valence electrons. The normalized spacial score (nSPS) is 21.1. The second-order valence-corrected chi connectivity index (χ2v) is 7.10. The number of hydrogen-bond donors (Lipinski definition) is 1. The van der Waals surface area contributed by atoms with Crippen molar-refractivity contribution in [2.24, 2.45) is 0 Å². The molecule has 0 amide bonds. The van der Waals surface area contributed by atoms with Crippen molar-refractivity contribution in [3.8, 4) is 0 Å². The fourth-order valence-corrected chi connectivity index (χ4v) is 3.83. The Bertz CT molecular complexity index is 570. The van der Waals surface area contributed by atoms with Gasteiger partial charge in [-0.2, -0.15) is 4.31 Å². The first kappa shape index (κ1) is 15.4. The smallest absolute Gasteiger partial charge is 0.243 e. The van der Waals surface area contributed by atoms with Crippen LogP contribution in [0.4, 0.5) is 0 Å². The zero-order valence-electron chi connectivity index (χ0n) is 12.2. The molecule has 0 saturated carbocycles. The minimum atomic E-state index is -3.43. The van der Waals surface area contributed by atoms with Crippen molar-refractivity contribution in [1.82, 2.24) is 9.62 Å². The summed E-state index contributed by atoms with van der Waals surface area (Å²) in [6.45, 7) is 5.81. The Hall–Kier alpha value is -0.950. The van der Waals surface area contributed by atoms with Gasteiger partial charge in [-0.15, -0.1) is 0 Å². The van der Waals surface area contributed by atoms with Crippen LogP contribution in [0.3, 0.4) is 0 Å². The van der Waals surface area contributed by atoms with E-state index in [0.717, 1.165) is 11.1 Å². The zero-order chi connectivity index (χ0) is 14.8. The van der Waals surface area contributed by atoms with E-state index in [1.165, 1.54) is 4.31 Å². The SMILES string of the molecule is CNCC1CN(S(=O)(=O)c2ccc(C)c(C)c2)CCO1. The van der Waals surface area contributed by atoms with E-state index in [0.29, 0.717) is 31.1 Å². The van der Waals surface area contributed by atoms with E-state index in [4.69, 9.17) is 4.74 Å². The van der Waals surface area contributed by atoms with E-state index < -0.39 is 10.0 Å². The summed E-state index contributed by atoms with van der Waals surface area (Å²) in [4.78, 5) is 0.366. The largest absolute Gasteiger partial charge is 0.374 e. The van der Waals surface area contributed by atoms with Crippen LogP contribution in [0.25, 0.3) is 0 Å². The van der Waals surface area contributed by atoms with Gasteiger partial charge in [0.05, 0.1) is 17.6 Å². The molecule has 1 heterocycles. The standard InChI is InChI=1S/C14H22N2O3S/c1-11-4-5-14(8-12(11)2)20(17,18)16-6-7-19-13(10-16)9-15-3/h4-5,8,13,15H,6-7,9-10H2,1-3H3. The van der Waals surface area contributed by atoms with E-state index >= 15 is 0 Å². The number of likely N-dealkylation sites (N-methyl/N-ethyl adjacent to an activating group) is 1. The number of morpholine rings is 1. The molecule has 1 N–H and O–H groups in total. The van der Waals surface area contributed by atoms with Gasteiger partial charge < -0.3 is 10.1 Å². The van der Waals surface area contributed by atoms with Crippen LogP contribution in [-0.2, 0) is 14.8 Å². The first-order chi connectivity index (χ1) is 9.45. The summed E-state index contributed by atoms with van der Waals surface area (Å²) in [6, 6.07) is 5.28. The summed E-state index contributed by atoms with van der Waals surface area (Å²) in [7, 11) is -1.59. The van der Waals surface area contributed by atoms with E-state index in [2.05, 4.69) is 5.32 Å². The summed E-state index contributed by atoms with van der Waals surface area (Å²) >= 11 is 0. The third-order valence-corrected chi connectivity index (χ3v) is 5.51. The minimum Gasteiger partial charge on any atom is -0.374 e. The third kappa shape index (κ3) is 3.20. The van der Waals surface area contributed by atoms with Gasteiger partial charge in [0, 0.05) is 19.6 Å². The Kier molecular flexibility index (Phi) is 4.80. The maximum Gasteiger partial charge on any atom is 0.243 e. The number of hydrogen-bond acceptors (Lipinski definition) is 4. The highest BCUT2D eigenvalue weighted by molar-refractivity contribution is 7.89. The van der Waals surface area contributed by atoms with Crippen molar-refractivity contribution < 1.29 is 13.2 Å². The quantitative estimate of drug-likeness (QED) is 0.898. The van der Waals surface area contributed by atoms with Crippen LogP contribution in [0.15, 0.2) is 23.1 Å². The second-order valence-electron chi connectivity index (χ2n) is 5.16. The summed E-state index contributed by atoms with van der Waals surface area (Å²) in [5, 5.41) is 3.02. The molecule has 5 nitrogen and oxygen atoms in total. The zero-order valence-corrected chi connectivity index (χ0v) is 13.0. The Morgan fingerprint density at radius 1 is 1.35 bits per heavy atom. The van der Waals surface area contributed by atoms with Gasteiger partial charge in [0.15, 0.2) is 0 Å². The fraction of sp³-hybridized carbons (Fsp3) is 0.571. The summed E-state index contributed by atoms with van der Waals surface area (Å²) in [5.74, 6) is 0. The number of benzene rings is 1. The molecule has 1 atom stereocenters. The van der Waals surface area contributed by atoms with E-state index in [-0.39, 0.29) is 6.10 Å². The highest BCUT2D eigenvalue weighted by atomic mass is 32.2.